The van der Waals surface area contributed by atoms with E-state index in [2.05, 4.69) is 13.8 Å². The topological polar surface area (TPSA) is 20.2 Å². The molecule has 1 aliphatic rings. The lowest BCUT2D eigenvalue weighted by molar-refractivity contribution is 0.106. The highest BCUT2D eigenvalue weighted by Crippen LogP contribution is 2.36. The maximum Gasteiger partial charge on any atom is 0.0462 e. The van der Waals surface area contributed by atoms with Crippen molar-refractivity contribution in [2.24, 2.45) is 17.8 Å². The van der Waals surface area contributed by atoms with E-state index in [9.17, 15) is 0 Å². The summed E-state index contributed by atoms with van der Waals surface area (Å²) in [5, 5.41) is 9.11. The van der Waals surface area contributed by atoms with Crippen LogP contribution in [-0.2, 0) is 0 Å². The Labute approximate surface area is 69.8 Å². The fourth-order valence-corrected chi connectivity index (χ4v) is 1.93. The van der Waals surface area contributed by atoms with Crippen LogP contribution >= 0.6 is 0 Å². The Balaban J connectivity index is 2.23. The number of aliphatic hydroxyl groups is 1. The van der Waals surface area contributed by atoms with Crippen molar-refractivity contribution >= 4 is 0 Å². The Morgan fingerprint density at radius 1 is 1.36 bits per heavy atom. The van der Waals surface area contributed by atoms with Crippen molar-refractivity contribution in [3.63, 3.8) is 0 Å². The van der Waals surface area contributed by atoms with Gasteiger partial charge in [-0.3, -0.25) is 0 Å². The monoisotopic (exact) mass is 156 g/mol. The summed E-state index contributed by atoms with van der Waals surface area (Å²) in [5.74, 6) is 2.19. The maximum atomic E-state index is 9.11. The molecule has 0 bridgehead atoms. The number of rotatable bonds is 4. The molecule has 0 amide bonds. The smallest absolute Gasteiger partial charge is 0.0462 e. The summed E-state index contributed by atoms with van der Waals surface area (Å²) < 4.78 is 0. The van der Waals surface area contributed by atoms with Gasteiger partial charge in [-0.15, -0.1) is 0 Å². The van der Waals surface area contributed by atoms with Gasteiger partial charge in [0, 0.05) is 6.61 Å². The van der Waals surface area contributed by atoms with Crippen molar-refractivity contribution in [2.45, 2.75) is 39.5 Å². The zero-order valence-corrected chi connectivity index (χ0v) is 7.71. The molecule has 0 saturated heterocycles. The molecule has 1 heteroatoms. The lowest BCUT2D eigenvalue weighted by Crippen LogP contribution is -2.26. The lowest BCUT2D eigenvalue weighted by Gasteiger charge is -2.33. The predicted octanol–water partition coefficient (Wildman–Crippen LogP) is 2.44. The van der Waals surface area contributed by atoms with Crippen LogP contribution in [0, 0.1) is 17.8 Å². The van der Waals surface area contributed by atoms with Crippen molar-refractivity contribution in [2.75, 3.05) is 6.61 Å². The van der Waals surface area contributed by atoms with Crippen LogP contribution < -0.4 is 0 Å². The number of hydrogen-bond acceptors (Lipinski definition) is 1. The van der Waals surface area contributed by atoms with Crippen LogP contribution in [-0.4, -0.2) is 11.7 Å². The van der Waals surface area contributed by atoms with E-state index in [1.54, 1.807) is 0 Å². The van der Waals surface area contributed by atoms with Gasteiger partial charge in [0.1, 0.15) is 0 Å². The van der Waals surface area contributed by atoms with Crippen LogP contribution in [0.3, 0.4) is 0 Å². The Kier molecular flexibility index (Phi) is 3.38. The van der Waals surface area contributed by atoms with Crippen LogP contribution in [0.4, 0.5) is 0 Å². The standard InChI is InChI=1S/C10H20O/c1-8(2)6-10(7-11)9-4-3-5-9/h8-11H,3-7H2,1-2H3. The largest absolute Gasteiger partial charge is 0.396 e. The first-order valence-electron chi connectivity index (χ1n) is 4.85. The Hall–Kier alpha value is -0.0400. The van der Waals surface area contributed by atoms with Gasteiger partial charge in [0.15, 0.2) is 0 Å². The molecule has 1 rings (SSSR count). The van der Waals surface area contributed by atoms with Gasteiger partial charge in [0.25, 0.3) is 0 Å². The highest BCUT2D eigenvalue weighted by molar-refractivity contribution is 4.77. The fourth-order valence-electron chi connectivity index (χ4n) is 1.93. The summed E-state index contributed by atoms with van der Waals surface area (Å²) in [4.78, 5) is 0. The minimum Gasteiger partial charge on any atom is -0.396 e. The molecule has 0 aromatic carbocycles. The van der Waals surface area contributed by atoms with E-state index in [1.165, 1.54) is 25.7 Å². The summed E-state index contributed by atoms with van der Waals surface area (Å²) in [6, 6.07) is 0. The molecule has 0 radical (unpaired) electrons. The summed E-state index contributed by atoms with van der Waals surface area (Å²) in [6.45, 7) is 4.88. The second-order valence-corrected chi connectivity index (χ2v) is 4.26. The van der Waals surface area contributed by atoms with Gasteiger partial charge in [-0.05, 0) is 24.2 Å². The molecular formula is C10H20O. The SMILES string of the molecule is CC(C)CC(CO)C1CCC1. The van der Waals surface area contributed by atoms with E-state index in [1.807, 2.05) is 0 Å². The molecule has 1 nitrogen and oxygen atoms in total. The van der Waals surface area contributed by atoms with Crippen LogP contribution in [0.15, 0.2) is 0 Å². The van der Waals surface area contributed by atoms with E-state index in [0.29, 0.717) is 12.5 Å². The van der Waals surface area contributed by atoms with Crippen molar-refractivity contribution in [3.05, 3.63) is 0 Å². The Bertz CT molecular complexity index is 105. The molecule has 0 spiro atoms. The van der Waals surface area contributed by atoms with E-state index in [-0.39, 0.29) is 0 Å². The third kappa shape index (κ3) is 2.48. The van der Waals surface area contributed by atoms with Gasteiger partial charge in [0.2, 0.25) is 0 Å². The molecule has 1 atom stereocenters. The Morgan fingerprint density at radius 2 is 2.00 bits per heavy atom. The average Bonchev–Trinajstić information content (AvgIpc) is 1.81. The van der Waals surface area contributed by atoms with E-state index in [4.69, 9.17) is 5.11 Å². The van der Waals surface area contributed by atoms with Crippen molar-refractivity contribution < 1.29 is 5.11 Å². The van der Waals surface area contributed by atoms with Crippen molar-refractivity contribution in [1.29, 1.82) is 0 Å². The average molecular weight is 156 g/mol. The van der Waals surface area contributed by atoms with Gasteiger partial charge in [-0.1, -0.05) is 33.1 Å². The van der Waals surface area contributed by atoms with Crippen LogP contribution in [0.1, 0.15) is 39.5 Å². The molecule has 1 fully saturated rings. The summed E-state index contributed by atoms with van der Waals surface area (Å²) in [7, 11) is 0. The second-order valence-electron chi connectivity index (χ2n) is 4.26. The molecule has 0 aromatic rings. The minimum atomic E-state index is 0.406. The van der Waals surface area contributed by atoms with E-state index < -0.39 is 0 Å². The molecule has 0 aromatic heterocycles. The summed E-state index contributed by atoms with van der Waals surface area (Å²) in [6.07, 6.45) is 5.32. The van der Waals surface area contributed by atoms with Gasteiger partial charge >= 0.3 is 0 Å². The molecule has 1 N–H and O–H groups in total. The van der Waals surface area contributed by atoms with Gasteiger partial charge in [-0.2, -0.15) is 0 Å². The minimum absolute atomic E-state index is 0.406. The van der Waals surface area contributed by atoms with Crippen LogP contribution in [0.2, 0.25) is 0 Å². The molecule has 1 saturated carbocycles. The highest BCUT2D eigenvalue weighted by Gasteiger charge is 2.26. The first-order chi connectivity index (χ1) is 5.24. The van der Waals surface area contributed by atoms with Crippen molar-refractivity contribution in [1.82, 2.24) is 0 Å². The molecule has 11 heavy (non-hydrogen) atoms. The molecule has 66 valence electrons. The van der Waals surface area contributed by atoms with E-state index in [0.717, 1.165) is 11.8 Å². The third-order valence-electron chi connectivity index (χ3n) is 2.83. The quantitative estimate of drug-likeness (QED) is 0.663. The number of hydrogen-bond donors (Lipinski definition) is 1. The first kappa shape index (κ1) is 9.05. The zero-order chi connectivity index (χ0) is 8.27. The fraction of sp³-hybridized carbons (Fsp3) is 1.00. The van der Waals surface area contributed by atoms with Gasteiger partial charge in [-0.25, -0.2) is 0 Å². The first-order valence-corrected chi connectivity index (χ1v) is 4.85. The molecule has 0 heterocycles. The maximum absolute atomic E-state index is 9.11. The van der Waals surface area contributed by atoms with E-state index >= 15 is 0 Å². The Morgan fingerprint density at radius 3 is 2.27 bits per heavy atom. The molecular weight excluding hydrogens is 136 g/mol. The van der Waals surface area contributed by atoms with Crippen molar-refractivity contribution in [3.8, 4) is 0 Å². The summed E-state index contributed by atoms with van der Waals surface area (Å²) >= 11 is 0. The van der Waals surface area contributed by atoms with Gasteiger partial charge in [0.05, 0.1) is 0 Å². The predicted molar refractivity (Wildman–Crippen MR) is 47.4 cm³/mol. The second kappa shape index (κ2) is 4.10. The lowest BCUT2D eigenvalue weighted by atomic mass is 9.73. The number of aliphatic hydroxyl groups excluding tert-OH is 1. The summed E-state index contributed by atoms with van der Waals surface area (Å²) in [5.41, 5.74) is 0. The molecule has 0 aliphatic heterocycles. The molecule has 1 aliphatic carbocycles. The highest BCUT2D eigenvalue weighted by atomic mass is 16.3. The molecule has 1 unspecified atom stereocenters. The van der Waals surface area contributed by atoms with Crippen LogP contribution in [0.5, 0.6) is 0 Å². The third-order valence-corrected chi connectivity index (χ3v) is 2.83. The van der Waals surface area contributed by atoms with Gasteiger partial charge < -0.3 is 5.11 Å². The zero-order valence-electron chi connectivity index (χ0n) is 7.71. The van der Waals surface area contributed by atoms with Crippen LogP contribution in [0.25, 0.3) is 0 Å². The normalized spacial score (nSPS) is 21.8.